The molecule has 0 unspecified atom stereocenters. The minimum atomic E-state index is 0.0813. The van der Waals surface area contributed by atoms with Crippen molar-refractivity contribution in [2.45, 2.75) is 32.6 Å². The Labute approximate surface area is 163 Å². The van der Waals surface area contributed by atoms with Gasteiger partial charge in [0.15, 0.2) is 5.96 Å². The van der Waals surface area contributed by atoms with Crippen LogP contribution >= 0.6 is 0 Å². The topological polar surface area (TPSA) is 69.2 Å². The summed E-state index contributed by atoms with van der Waals surface area (Å²) in [4.78, 5) is 21.6. The first kappa shape index (κ1) is 20.4. The van der Waals surface area contributed by atoms with E-state index in [2.05, 4.69) is 27.4 Å². The van der Waals surface area contributed by atoms with Gasteiger partial charge < -0.3 is 20.3 Å². The summed E-state index contributed by atoms with van der Waals surface area (Å²) in [5.74, 6) is 3.84. The molecule has 1 aliphatic heterocycles. The third-order valence-corrected chi connectivity index (χ3v) is 5.91. The van der Waals surface area contributed by atoms with E-state index in [1.165, 1.54) is 25.7 Å². The quantitative estimate of drug-likeness (QED) is 0.333. The van der Waals surface area contributed by atoms with Crippen LogP contribution in [0.25, 0.3) is 0 Å². The highest BCUT2D eigenvalue weighted by molar-refractivity contribution is 5.80. The number of nitrogens with one attached hydrogen (secondary N) is 2. The summed E-state index contributed by atoms with van der Waals surface area (Å²) in [6, 6.07) is 0. The molecule has 7 nitrogen and oxygen atoms in total. The fraction of sp³-hybridized carbons (Fsp3) is 0.900. The van der Waals surface area contributed by atoms with Gasteiger partial charge in [-0.3, -0.25) is 14.7 Å². The molecule has 0 atom stereocenters. The Morgan fingerprint density at radius 2 is 1.78 bits per heavy atom. The van der Waals surface area contributed by atoms with E-state index in [0.29, 0.717) is 19.7 Å². The number of aliphatic imine (C=N–C) groups is 1. The average molecular weight is 380 g/mol. The van der Waals surface area contributed by atoms with E-state index in [4.69, 9.17) is 9.73 Å². The van der Waals surface area contributed by atoms with Crippen LogP contribution in [0.4, 0.5) is 0 Å². The number of carbonyl (C=O) groups excluding carboxylic acids is 1. The van der Waals surface area contributed by atoms with Crippen LogP contribution < -0.4 is 10.6 Å². The summed E-state index contributed by atoms with van der Waals surface area (Å²) in [5.41, 5.74) is 0. The number of ether oxygens (including phenoxy) is 1. The second-order valence-corrected chi connectivity index (χ2v) is 8.14. The largest absolute Gasteiger partial charge is 0.383 e. The Morgan fingerprint density at radius 1 is 1.11 bits per heavy atom. The molecule has 3 rings (SSSR count). The van der Waals surface area contributed by atoms with Gasteiger partial charge in [0, 0.05) is 52.9 Å². The van der Waals surface area contributed by atoms with Crippen LogP contribution in [0.2, 0.25) is 0 Å². The maximum atomic E-state index is 12.0. The standard InChI is InChI=1S/C20H37N5O2/c1-3-21-20(23-14-18(16-4-5-16)17-6-7-17)25-11-9-24(10-12-25)15-19(26)22-8-13-27-2/h16-18H,3-15H2,1-2H3,(H,21,23)(H,22,26). The minimum absolute atomic E-state index is 0.0813. The summed E-state index contributed by atoms with van der Waals surface area (Å²) < 4.78 is 4.97. The summed E-state index contributed by atoms with van der Waals surface area (Å²) in [6.45, 7) is 9.28. The van der Waals surface area contributed by atoms with Crippen LogP contribution in [-0.4, -0.2) is 87.7 Å². The SMILES string of the molecule is CCNC(=NCC(C1CC1)C1CC1)N1CCN(CC(=O)NCCOC)CC1. The van der Waals surface area contributed by atoms with E-state index in [-0.39, 0.29) is 5.91 Å². The zero-order valence-corrected chi connectivity index (χ0v) is 17.1. The minimum Gasteiger partial charge on any atom is -0.383 e. The van der Waals surface area contributed by atoms with Crippen molar-refractivity contribution in [3.63, 3.8) is 0 Å². The molecule has 2 saturated carbocycles. The molecule has 0 aromatic carbocycles. The Bertz CT molecular complexity index is 485. The Hall–Kier alpha value is -1.34. The van der Waals surface area contributed by atoms with E-state index < -0.39 is 0 Å². The van der Waals surface area contributed by atoms with Gasteiger partial charge in [0.25, 0.3) is 0 Å². The van der Waals surface area contributed by atoms with Crippen LogP contribution in [0.3, 0.4) is 0 Å². The van der Waals surface area contributed by atoms with E-state index in [1.807, 2.05) is 0 Å². The highest BCUT2D eigenvalue weighted by Gasteiger charge is 2.41. The van der Waals surface area contributed by atoms with Gasteiger partial charge in [-0.1, -0.05) is 0 Å². The number of guanidine groups is 1. The molecule has 0 aromatic heterocycles. The van der Waals surface area contributed by atoms with Crippen molar-refractivity contribution in [2.24, 2.45) is 22.7 Å². The summed E-state index contributed by atoms with van der Waals surface area (Å²) >= 11 is 0. The number of carbonyl (C=O) groups is 1. The molecule has 0 radical (unpaired) electrons. The van der Waals surface area contributed by atoms with Crippen molar-refractivity contribution in [1.82, 2.24) is 20.4 Å². The number of hydrogen-bond acceptors (Lipinski definition) is 4. The van der Waals surface area contributed by atoms with E-state index in [0.717, 1.165) is 63.0 Å². The average Bonchev–Trinajstić information content (AvgIpc) is 3.56. The van der Waals surface area contributed by atoms with E-state index in [1.54, 1.807) is 7.11 Å². The van der Waals surface area contributed by atoms with Gasteiger partial charge in [-0.25, -0.2) is 0 Å². The predicted molar refractivity (Wildman–Crippen MR) is 108 cm³/mol. The Kier molecular flexibility index (Phi) is 7.76. The third kappa shape index (κ3) is 6.64. The van der Waals surface area contributed by atoms with Crippen molar-refractivity contribution in [3.05, 3.63) is 0 Å². The smallest absolute Gasteiger partial charge is 0.234 e. The van der Waals surface area contributed by atoms with Gasteiger partial charge in [0.2, 0.25) is 5.91 Å². The number of methoxy groups -OCH3 is 1. The highest BCUT2D eigenvalue weighted by atomic mass is 16.5. The van der Waals surface area contributed by atoms with Crippen molar-refractivity contribution >= 4 is 11.9 Å². The number of nitrogens with zero attached hydrogens (tertiary/aromatic N) is 3. The first-order chi connectivity index (χ1) is 13.2. The molecular weight excluding hydrogens is 342 g/mol. The summed E-state index contributed by atoms with van der Waals surface area (Å²) in [7, 11) is 1.65. The van der Waals surface area contributed by atoms with Gasteiger partial charge in [-0.2, -0.15) is 0 Å². The fourth-order valence-electron chi connectivity index (χ4n) is 4.02. The fourth-order valence-corrected chi connectivity index (χ4v) is 4.02. The van der Waals surface area contributed by atoms with Crippen molar-refractivity contribution in [1.29, 1.82) is 0 Å². The van der Waals surface area contributed by atoms with Gasteiger partial charge >= 0.3 is 0 Å². The number of rotatable bonds is 10. The lowest BCUT2D eigenvalue weighted by Gasteiger charge is -2.36. The molecule has 2 aliphatic carbocycles. The summed E-state index contributed by atoms with van der Waals surface area (Å²) in [6.07, 6.45) is 5.66. The highest BCUT2D eigenvalue weighted by Crippen LogP contribution is 2.49. The van der Waals surface area contributed by atoms with Crippen molar-refractivity contribution in [2.75, 3.05) is 66.1 Å². The molecule has 1 saturated heterocycles. The lowest BCUT2D eigenvalue weighted by atomic mass is 9.98. The summed E-state index contributed by atoms with van der Waals surface area (Å²) in [5, 5.41) is 6.38. The predicted octanol–water partition coefficient (Wildman–Crippen LogP) is 0.768. The number of hydrogen-bond donors (Lipinski definition) is 2. The molecule has 0 aromatic rings. The molecule has 27 heavy (non-hydrogen) atoms. The first-order valence-electron chi connectivity index (χ1n) is 10.7. The van der Waals surface area contributed by atoms with Crippen molar-refractivity contribution < 1.29 is 9.53 Å². The molecule has 2 N–H and O–H groups in total. The van der Waals surface area contributed by atoms with Crippen LogP contribution in [0.15, 0.2) is 4.99 Å². The lowest BCUT2D eigenvalue weighted by molar-refractivity contribution is -0.122. The second kappa shape index (κ2) is 10.3. The molecule has 3 aliphatic rings. The van der Waals surface area contributed by atoms with Gasteiger partial charge in [0.1, 0.15) is 0 Å². The van der Waals surface area contributed by atoms with Crippen LogP contribution in [0, 0.1) is 17.8 Å². The van der Waals surface area contributed by atoms with Crippen LogP contribution in [0.5, 0.6) is 0 Å². The normalized spacial score (nSPS) is 21.6. The molecular formula is C20H37N5O2. The molecule has 3 fully saturated rings. The number of amides is 1. The zero-order chi connectivity index (χ0) is 19.1. The third-order valence-electron chi connectivity index (χ3n) is 5.91. The van der Waals surface area contributed by atoms with Crippen LogP contribution in [0.1, 0.15) is 32.6 Å². The molecule has 1 amide bonds. The first-order valence-corrected chi connectivity index (χ1v) is 10.7. The zero-order valence-electron chi connectivity index (χ0n) is 17.1. The Morgan fingerprint density at radius 3 is 2.33 bits per heavy atom. The van der Waals surface area contributed by atoms with Crippen LogP contribution in [-0.2, 0) is 9.53 Å². The number of piperazine rings is 1. The monoisotopic (exact) mass is 379 g/mol. The molecule has 0 spiro atoms. The van der Waals surface area contributed by atoms with E-state index >= 15 is 0 Å². The lowest BCUT2D eigenvalue weighted by Crippen LogP contribution is -2.54. The molecule has 1 heterocycles. The second-order valence-electron chi connectivity index (χ2n) is 8.14. The Balaban J connectivity index is 1.43. The maximum Gasteiger partial charge on any atom is 0.234 e. The molecule has 7 heteroatoms. The molecule has 154 valence electrons. The van der Waals surface area contributed by atoms with E-state index in [9.17, 15) is 4.79 Å². The maximum absolute atomic E-state index is 12.0. The van der Waals surface area contributed by atoms with Gasteiger partial charge in [-0.15, -0.1) is 0 Å². The van der Waals surface area contributed by atoms with Gasteiger partial charge in [0.05, 0.1) is 13.2 Å². The van der Waals surface area contributed by atoms with Gasteiger partial charge in [-0.05, 0) is 50.4 Å². The van der Waals surface area contributed by atoms with Crippen molar-refractivity contribution in [3.8, 4) is 0 Å². The molecule has 0 bridgehead atoms.